The van der Waals surface area contributed by atoms with Crippen molar-refractivity contribution in [2.45, 2.75) is 75.8 Å². The van der Waals surface area contributed by atoms with E-state index < -0.39 is 40.8 Å². The van der Waals surface area contributed by atoms with Gasteiger partial charge in [0.25, 0.3) is 5.69 Å². The predicted octanol–water partition coefficient (Wildman–Crippen LogP) is 8.58. The van der Waals surface area contributed by atoms with E-state index in [2.05, 4.69) is 23.1 Å². The Balaban J connectivity index is 1.28. The summed E-state index contributed by atoms with van der Waals surface area (Å²) in [5.74, 6) is -1.06. The molecule has 0 spiro atoms. The van der Waals surface area contributed by atoms with E-state index in [0.717, 1.165) is 29.5 Å². The van der Waals surface area contributed by atoms with Gasteiger partial charge in [0.05, 0.1) is 23.2 Å². The second kappa shape index (κ2) is 21.8. The van der Waals surface area contributed by atoms with Crippen molar-refractivity contribution in [2.75, 3.05) is 33.7 Å². The zero-order valence-electron chi connectivity index (χ0n) is 37.8. The summed E-state index contributed by atoms with van der Waals surface area (Å²) in [6.07, 6.45) is 6.46. The molecule has 68 heavy (non-hydrogen) atoms. The molecule has 2 amide bonds. The number of nitrogens with one attached hydrogen (secondary N) is 1. The predicted molar refractivity (Wildman–Crippen MR) is 249 cm³/mol. The van der Waals surface area contributed by atoms with Gasteiger partial charge in [0.2, 0.25) is 12.6 Å². The van der Waals surface area contributed by atoms with Gasteiger partial charge in [-0.25, -0.2) is 9.59 Å². The molecule has 2 aliphatic heterocycles. The van der Waals surface area contributed by atoms with E-state index in [0.29, 0.717) is 54.2 Å². The summed E-state index contributed by atoms with van der Waals surface area (Å²) in [5.41, 5.74) is 3.49. The topological polar surface area (TPSA) is 210 Å². The van der Waals surface area contributed by atoms with Gasteiger partial charge in [-0.1, -0.05) is 66.5 Å². The Morgan fingerprint density at radius 1 is 0.912 bits per heavy atom. The van der Waals surface area contributed by atoms with Crippen molar-refractivity contribution < 1.29 is 58.0 Å². The van der Waals surface area contributed by atoms with Gasteiger partial charge in [-0.05, 0) is 96.7 Å². The van der Waals surface area contributed by atoms with Crippen molar-refractivity contribution in [3.05, 3.63) is 142 Å². The molecule has 0 bridgehead atoms. The van der Waals surface area contributed by atoms with Crippen LogP contribution < -0.4 is 29.0 Å². The van der Waals surface area contributed by atoms with Gasteiger partial charge >= 0.3 is 12.2 Å². The number of aliphatic hydroxyl groups excluding tert-OH is 2. The molecule has 2 heterocycles. The highest BCUT2D eigenvalue weighted by Gasteiger charge is 2.66. The van der Waals surface area contributed by atoms with Crippen LogP contribution in [-0.4, -0.2) is 83.5 Å². The van der Waals surface area contributed by atoms with Crippen LogP contribution in [0.25, 0.3) is 0 Å². The summed E-state index contributed by atoms with van der Waals surface area (Å²) in [6, 6.07) is 24.3. The molecular weight excluding hydrogens is 877 g/mol. The maximum absolute atomic E-state index is 15.0. The first kappa shape index (κ1) is 47.5. The normalized spacial score (nSPS) is 22.4. The monoisotopic (exact) mass is 932 g/mol. The molecular formula is C51H56N4O13. The van der Waals surface area contributed by atoms with Crippen LogP contribution in [0.15, 0.2) is 120 Å². The van der Waals surface area contributed by atoms with Crippen LogP contribution in [0.1, 0.15) is 67.6 Å². The molecule has 4 aromatic rings. The van der Waals surface area contributed by atoms with Crippen molar-refractivity contribution in [1.82, 2.24) is 10.2 Å². The average molecular weight is 933 g/mol. The number of carbonyl (C=O) groups excluding carboxylic acids is 2. The summed E-state index contributed by atoms with van der Waals surface area (Å²) in [4.78, 5) is 46.5. The van der Waals surface area contributed by atoms with Crippen LogP contribution in [0.2, 0.25) is 0 Å². The number of allylic oxidation sites excluding steroid dienone is 1. The molecule has 0 radical (unpaired) electrons. The fourth-order valence-corrected chi connectivity index (χ4v) is 10.1. The molecule has 4 aromatic carbocycles. The second-order valence-corrected chi connectivity index (χ2v) is 17.1. The number of unbranched alkanes of at least 4 members (excludes halogenated alkanes) is 2. The van der Waals surface area contributed by atoms with Gasteiger partial charge in [0, 0.05) is 56.3 Å². The molecule has 4 aliphatic rings. The van der Waals surface area contributed by atoms with Crippen molar-refractivity contribution in [3.8, 4) is 28.7 Å². The number of non-ortho nitro benzene ring substituents is 1. The van der Waals surface area contributed by atoms with Crippen LogP contribution in [0.5, 0.6) is 28.7 Å². The van der Waals surface area contributed by atoms with Gasteiger partial charge in [0.1, 0.15) is 30.4 Å². The molecule has 17 nitrogen and oxygen atoms in total. The van der Waals surface area contributed by atoms with Crippen molar-refractivity contribution in [3.63, 3.8) is 0 Å². The molecule has 6 unspecified atom stereocenters. The Morgan fingerprint density at radius 2 is 1.65 bits per heavy atom. The van der Waals surface area contributed by atoms with E-state index in [1.54, 1.807) is 30.3 Å². The number of fused-ring (bicyclic) bond motifs is 3. The highest BCUT2D eigenvalue weighted by atomic mass is 16.7. The fourth-order valence-electron chi connectivity index (χ4n) is 10.1. The van der Waals surface area contributed by atoms with Gasteiger partial charge in [-0.15, -0.1) is 6.58 Å². The highest BCUT2D eigenvalue weighted by molar-refractivity contribution is 6.03. The largest absolute Gasteiger partial charge is 0.459 e. The van der Waals surface area contributed by atoms with E-state index in [1.807, 2.05) is 42.5 Å². The van der Waals surface area contributed by atoms with E-state index >= 15 is 4.79 Å². The molecule has 1 fully saturated rings. The Hall–Kier alpha value is -6.95. The Labute approximate surface area is 394 Å². The summed E-state index contributed by atoms with van der Waals surface area (Å²) in [7, 11) is 1.46. The second-order valence-electron chi connectivity index (χ2n) is 17.1. The van der Waals surface area contributed by atoms with Gasteiger partial charge in [-0.3, -0.25) is 15.0 Å². The minimum atomic E-state index is -1.66. The zero-order valence-corrected chi connectivity index (χ0v) is 37.8. The minimum Gasteiger partial charge on any atom is -0.459 e. The Morgan fingerprint density at radius 3 is 2.38 bits per heavy atom. The third-order valence-electron chi connectivity index (χ3n) is 13.0. The first-order valence-corrected chi connectivity index (χ1v) is 22.9. The quantitative estimate of drug-likeness (QED) is 0.0329. The first-order valence-electron chi connectivity index (χ1n) is 22.9. The Bertz CT molecular complexity index is 2500. The molecule has 3 N–H and O–H groups in total. The summed E-state index contributed by atoms with van der Waals surface area (Å²) < 4.78 is 37.7. The fraction of sp³-hybridized carbons (Fsp3) is 0.392. The number of hydrogen-bond acceptors (Lipinski definition) is 14. The van der Waals surface area contributed by atoms with Crippen LogP contribution in [-0.2, 0) is 22.7 Å². The van der Waals surface area contributed by atoms with Crippen LogP contribution in [0, 0.1) is 27.9 Å². The first-order chi connectivity index (χ1) is 33.2. The van der Waals surface area contributed by atoms with Crippen molar-refractivity contribution >= 4 is 23.6 Å². The molecule has 17 heteroatoms. The number of carbonyl (C=O) groups is 2. The number of benzene rings is 4. The molecule has 1 saturated carbocycles. The lowest BCUT2D eigenvalue weighted by Crippen LogP contribution is -2.70. The van der Waals surface area contributed by atoms with Gasteiger partial charge < -0.3 is 48.8 Å². The summed E-state index contributed by atoms with van der Waals surface area (Å²) in [6.45, 7) is 4.31. The SMILES string of the molecule is C=CCOC12Oc3ccc(OC(=O)NCc4ccccc4)cc3C3C(CCCCO)C(CCCCO)C=C(C(=NOC)CC1N(Cc1ccc4c(c1)OCO4)C(=O)Oc1ccc([N+](=O)[O-])cc1)C32. The number of ether oxygens (including phenoxy) is 6. The van der Waals surface area contributed by atoms with E-state index in [-0.39, 0.29) is 75.1 Å². The molecule has 6 atom stereocenters. The van der Waals surface area contributed by atoms with Gasteiger partial charge in [-0.2, -0.15) is 0 Å². The van der Waals surface area contributed by atoms with Crippen LogP contribution in [0.3, 0.4) is 0 Å². The van der Waals surface area contributed by atoms with Crippen LogP contribution in [0.4, 0.5) is 15.3 Å². The van der Waals surface area contributed by atoms with Crippen molar-refractivity contribution in [2.24, 2.45) is 22.9 Å². The minimum absolute atomic E-state index is 0.00619. The molecule has 8 rings (SSSR count). The number of amides is 2. The standard InChI is InChI=1S/C51H56N4O13/c1-3-25-65-51-46(54(31-34-15-21-44-45(26-34)64-32-63-44)50(59)67-37-18-16-36(17-19-37)55(60)61)29-42(53-62-2)40-27-35(13-7-9-23-56)39(14-8-10-24-57)47(48(40)51)41-28-38(20-22-43(41)68-51)66-49(58)52-30-33-11-5-4-6-12-33/h3-6,11-12,15-22,26-28,35,39,46-48,56-57H,1,7-10,13-14,23-25,29-32H2,2H3,(H,52,58). The number of nitro groups is 1. The number of aliphatic hydroxyl groups is 2. The molecule has 0 aromatic heterocycles. The van der Waals surface area contributed by atoms with E-state index in [9.17, 15) is 25.1 Å². The number of nitrogens with zero attached hydrogens (tertiary/aromatic N) is 3. The summed E-state index contributed by atoms with van der Waals surface area (Å²) >= 11 is 0. The Kier molecular flexibility index (Phi) is 15.2. The highest BCUT2D eigenvalue weighted by Crippen LogP contribution is 2.62. The number of hydrogen-bond donors (Lipinski definition) is 3. The lowest BCUT2D eigenvalue weighted by atomic mass is 9.55. The molecule has 0 saturated heterocycles. The third kappa shape index (κ3) is 10.3. The smallest absolute Gasteiger partial charge is 0.416 e. The number of oxime groups is 1. The number of rotatable bonds is 20. The maximum atomic E-state index is 15.0. The average Bonchev–Trinajstić information content (AvgIpc) is 3.82. The van der Waals surface area contributed by atoms with Crippen molar-refractivity contribution in [1.29, 1.82) is 0 Å². The van der Waals surface area contributed by atoms with Crippen LogP contribution >= 0.6 is 0 Å². The van der Waals surface area contributed by atoms with Gasteiger partial charge in [0.15, 0.2) is 11.5 Å². The molecule has 2 aliphatic carbocycles. The lowest BCUT2D eigenvalue weighted by Gasteiger charge is -2.59. The number of nitro benzene ring substituents is 1. The summed E-state index contributed by atoms with van der Waals surface area (Å²) in [5, 5.41) is 38.9. The molecule has 358 valence electrons. The third-order valence-corrected chi connectivity index (χ3v) is 13.0. The van der Waals surface area contributed by atoms with E-state index in [4.69, 9.17) is 33.3 Å². The zero-order chi connectivity index (χ0) is 47.6. The van der Waals surface area contributed by atoms with E-state index in [1.165, 1.54) is 36.3 Å². The lowest BCUT2D eigenvalue weighted by molar-refractivity contribution is -0.384. The maximum Gasteiger partial charge on any atom is 0.416 e.